The minimum absolute atomic E-state index is 0.155. The normalized spacial score (nSPS) is 19.0. The van der Waals surface area contributed by atoms with E-state index in [-0.39, 0.29) is 16.8 Å². The second-order valence-electron chi connectivity index (χ2n) is 4.74. The Labute approximate surface area is 132 Å². The van der Waals surface area contributed by atoms with Gasteiger partial charge >= 0.3 is 5.69 Å². The molecule has 8 nitrogen and oxygen atoms in total. The number of benzene rings is 1. The molecule has 2 aromatic rings. The fourth-order valence-corrected chi connectivity index (χ4v) is 4.69. The zero-order chi connectivity index (χ0) is 15.4. The second-order valence-corrected chi connectivity index (χ2v) is 6.68. The molecule has 0 saturated carbocycles. The number of rotatable bonds is 2. The first-order valence-electron chi connectivity index (χ1n) is 6.28. The Kier molecular flexibility index (Phi) is 2.84. The Bertz CT molecular complexity index is 834. The molecule has 0 bridgehead atoms. The monoisotopic (exact) mass is 335 g/mol. The number of hydrogen-bond donors (Lipinski definition) is 1. The number of aryl methyl sites for hydroxylation is 1. The molecule has 0 aliphatic carbocycles. The summed E-state index contributed by atoms with van der Waals surface area (Å²) in [5.41, 5.74) is 0.446. The van der Waals surface area contributed by atoms with Crippen LogP contribution in [0, 0.1) is 17.0 Å². The topological polar surface area (TPSA) is 97.3 Å². The number of aromatic nitrogens is 3. The number of phenols is 1. The zero-order valence-electron chi connectivity index (χ0n) is 11.2. The van der Waals surface area contributed by atoms with E-state index < -0.39 is 4.92 Å². The summed E-state index contributed by atoms with van der Waals surface area (Å²) in [4.78, 5) is 10.4. The van der Waals surface area contributed by atoms with Gasteiger partial charge in [0.05, 0.1) is 4.92 Å². The molecule has 112 valence electrons. The predicted molar refractivity (Wildman–Crippen MR) is 82.0 cm³/mol. The molecule has 2 aliphatic rings. The Morgan fingerprint density at radius 2 is 2.23 bits per heavy atom. The number of nitrogens with zero attached hydrogens (tertiary/aromatic N) is 5. The molecular formula is C12H9N5O3S2. The molecule has 22 heavy (non-hydrogen) atoms. The Morgan fingerprint density at radius 1 is 1.41 bits per heavy atom. The summed E-state index contributed by atoms with van der Waals surface area (Å²) < 4.78 is 1.90. The number of nitro benzene ring substituents is 1. The van der Waals surface area contributed by atoms with E-state index in [1.807, 2.05) is 22.0 Å². The third-order valence-electron chi connectivity index (χ3n) is 3.41. The van der Waals surface area contributed by atoms with Gasteiger partial charge in [-0.25, -0.2) is 4.68 Å². The molecule has 4 rings (SSSR count). The highest BCUT2D eigenvalue weighted by atomic mass is 32.2. The molecule has 0 saturated heterocycles. The number of thioether (sulfide) groups is 2. The molecule has 1 atom stereocenters. The highest BCUT2D eigenvalue weighted by Crippen LogP contribution is 2.51. The Morgan fingerprint density at radius 3 is 3.00 bits per heavy atom. The average molecular weight is 335 g/mol. The molecule has 0 spiro atoms. The molecule has 2 aliphatic heterocycles. The number of fused-ring (bicyclic) bond motifs is 3. The zero-order valence-corrected chi connectivity index (χ0v) is 12.8. The first kappa shape index (κ1) is 13.5. The summed E-state index contributed by atoms with van der Waals surface area (Å²) in [6, 6.07) is 4.46. The third kappa shape index (κ3) is 1.80. The maximum atomic E-state index is 11.0. The van der Waals surface area contributed by atoms with Crippen LogP contribution in [0.5, 0.6) is 5.75 Å². The van der Waals surface area contributed by atoms with Crippen molar-refractivity contribution < 1.29 is 10.0 Å². The Hall–Kier alpha value is -2.20. The van der Waals surface area contributed by atoms with Crippen LogP contribution in [0.4, 0.5) is 5.69 Å². The summed E-state index contributed by atoms with van der Waals surface area (Å²) in [7, 11) is 0. The van der Waals surface area contributed by atoms with Crippen molar-refractivity contribution in [3.8, 4) is 5.75 Å². The van der Waals surface area contributed by atoms with E-state index in [0.29, 0.717) is 0 Å². The van der Waals surface area contributed by atoms with Gasteiger partial charge < -0.3 is 5.11 Å². The van der Waals surface area contributed by atoms with Crippen LogP contribution in [0.3, 0.4) is 0 Å². The maximum Gasteiger partial charge on any atom is 0.311 e. The van der Waals surface area contributed by atoms with E-state index in [1.54, 1.807) is 17.8 Å². The van der Waals surface area contributed by atoms with Gasteiger partial charge in [0.25, 0.3) is 0 Å². The summed E-state index contributed by atoms with van der Waals surface area (Å²) in [6.45, 7) is 1.86. The van der Waals surface area contributed by atoms with Crippen LogP contribution in [0.25, 0.3) is 0 Å². The molecule has 0 fully saturated rings. The molecule has 0 amide bonds. The lowest BCUT2D eigenvalue weighted by Crippen LogP contribution is -2.30. The van der Waals surface area contributed by atoms with Crippen molar-refractivity contribution in [3.63, 3.8) is 0 Å². The maximum absolute atomic E-state index is 11.0. The lowest BCUT2D eigenvalue weighted by Gasteiger charge is -2.25. The van der Waals surface area contributed by atoms with Crippen LogP contribution in [0.1, 0.15) is 16.8 Å². The van der Waals surface area contributed by atoms with Crippen molar-refractivity contribution in [2.45, 2.75) is 17.5 Å². The van der Waals surface area contributed by atoms with E-state index in [0.717, 1.165) is 21.6 Å². The summed E-state index contributed by atoms with van der Waals surface area (Å²) in [6.07, 6.45) is 0. The van der Waals surface area contributed by atoms with Crippen LogP contribution < -0.4 is 5.01 Å². The quantitative estimate of drug-likeness (QED) is 0.660. The van der Waals surface area contributed by atoms with Gasteiger partial charge in [-0.15, -0.1) is 10.2 Å². The Balaban J connectivity index is 1.78. The largest absolute Gasteiger partial charge is 0.502 e. The molecule has 1 aromatic carbocycles. The van der Waals surface area contributed by atoms with Crippen LogP contribution in [-0.2, 0) is 0 Å². The van der Waals surface area contributed by atoms with Gasteiger partial charge in [-0.3, -0.25) is 15.1 Å². The van der Waals surface area contributed by atoms with Gasteiger partial charge in [-0.05, 0) is 30.3 Å². The van der Waals surface area contributed by atoms with Crippen molar-refractivity contribution >= 4 is 29.2 Å². The number of nitro groups is 1. The minimum Gasteiger partial charge on any atom is -0.502 e. The number of phenolic OH excluding ortho intramolecular Hbond substituents is 1. The summed E-state index contributed by atoms with van der Waals surface area (Å²) in [5.74, 6) is 0.425. The molecule has 0 radical (unpaired) electrons. The van der Waals surface area contributed by atoms with E-state index >= 15 is 0 Å². The predicted octanol–water partition coefficient (Wildman–Crippen LogP) is 2.49. The van der Waals surface area contributed by atoms with Gasteiger partial charge in [-0.1, -0.05) is 17.8 Å². The number of hydrogen-bond acceptors (Lipinski definition) is 8. The lowest BCUT2D eigenvalue weighted by molar-refractivity contribution is -0.385. The average Bonchev–Trinajstić information content (AvgIpc) is 3.12. The number of aromatic hydroxyl groups is 1. The van der Waals surface area contributed by atoms with Crippen LogP contribution >= 0.6 is 23.5 Å². The van der Waals surface area contributed by atoms with E-state index in [1.165, 1.54) is 23.9 Å². The minimum atomic E-state index is -0.582. The van der Waals surface area contributed by atoms with E-state index in [4.69, 9.17) is 0 Å². The summed E-state index contributed by atoms with van der Waals surface area (Å²) >= 11 is 3.06. The molecule has 1 aromatic heterocycles. The van der Waals surface area contributed by atoms with Crippen molar-refractivity contribution in [2.24, 2.45) is 0 Å². The smallest absolute Gasteiger partial charge is 0.311 e. The van der Waals surface area contributed by atoms with Crippen LogP contribution in [-0.4, -0.2) is 24.9 Å². The molecule has 0 unspecified atom stereocenters. The standard InChI is InChI=1S/C12H9N5O3S2/c1-6-13-14-12-15(6)16-10(22-12)5-21-11(16)7-2-3-9(18)8(4-7)17(19)20/h2-5,11,18H,1H3/t11-/m0/s1. The third-order valence-corrected chi connectivity index (χ3v) is 5.60. The van der Waals surface area contributed by atoms with E-state index in [2.05, 4.69) is 10.2 Å². The highest BCUT2D eigenvalue weighted by molar-refractivity contribution is 8.07. The van der Waals surface area contributed by atoms with Crippen molar-refractivity contribution in [3.05, 3.63) is 50.1 Å². The van der Waals surface area contributed by atoms with Gasteiger partial charge in [0.15, 0.2) is 11.6 Å². The van der Waals surface area contributed by atoms with Crippen molar-refractivity contribution in [2.75, 3.05) is 5.01 Å². The van der Waals surface area contributed by atoms with Crippen LogP contribution in [0.15, 0.2) is 33.8 Å². The second kappa shape index (κ2) is 4.65. The van der Waals surface area contributed by atoms with Crippen molar-refractivity contribution in [1.82, 2.24) is 14.9 Å². The van der Waals surface area contributed by atoms with Crippen LogP contribution in [0.2, 0.25) is 0 Å². The molecular weight excluding hydrogens is 326 g/mol. The van der Waals surface area contributed by atoms with Crippen molar-refractivity contribution in [1.29, 1.82) is 0 Å². The van der Waals surface area contributed by atoms with E-state index in [9.17, 15) is 15.2 Å². The SMILES string of the molecule is Cc1nnc2n1N1C(=CS[C@H]1c1ccc(O)c([N+](=O)[O-])c1)S2. The van der Waals surface area contributed by atoms with Gasteiger partial charge in [0.1, 0.15) is 10.4 Å². The van der Waals surface area contributed by atoms with Gasteiger partial charge in [0, 0.05) is 11.5 Å². The molecule has 1 N–H and O–H groups in total. The fourth-order valence-electron chi connectivity index (χ4n) is 2.43. The first-order chi connectivity index (χ1) is 10.6. The molecule has 10 heteroatoms. The molecule has 3 heterocycles. The lowest BCUT2D eigenvalue weighted by atomic mass is 10.2. The summed E-state index contributed by atoms with van der Waals surface area (Å²) in [5, 5.41) is 34.4. The highest BCUT2D eigenvalue weighted by Gasteiger charge is 2.39. The van der Waals surface area contributed by atoms with Gasteiger partial charge in [0.2, 0.25) is 5.16 Å². The van der Waals surface area contributed by atoms with Gasteiger partial charge in [-0.2, -0.15) is 0 Å². The fraction of sp³-hybridized carbons (Fsp3) is 0.167. The first-order valence-corrected chi connectivity index (χ1v) is 8.04.